The minimum Gasteiger partial charge on any atom is -0.495 e. The Labute approximate surface area is 176 Å². The third-order valence-corrected chi connectivity index (χ3v) is 4.50. The molecule has 0 aliphatic heterocycles. The van der Waals surface area contributed by atoms with Gasteiger partial charge in [-0.15, -0.1) is 0 Å². The average Bonchev–Trinajstić information content (AvgIpc) is 2.78. The van der Waals surface area contributed by atoms with E-state index in [0.29, 0.717) is 6.07 Å². The SMILES string of the molecule is COc1c(C(=O)O)cc(-c2c(F)c(F)c(F)c(F)c2F)cc1-c1c(F)c(F)c(F)c(F)c1F. The van der Waals surface area contributed by atoms with E-state index in [0.717, 1.165) is 7.11 Å². The average molecular weight is 484 g/mol. The van der Waals surface area contributed by atoms with Crippen molar-refractivity contribution in [2.75, 3.05) is 7.11 Å². The van der Waals surface area contributed by atoms with E-state index >= 15 is 0 Å². The molecule has 0 bridgehead atoms. The third-order valence-electron chi connectivity index (χ3n) is 4.50. The topological polar surface area (TPSA) is 46.5 Å². The molecule has 0 aromatic heterocycles. The van der Waals surface area contributed by atoms with Crippen LogP contribution < -0.4 is 4.74 Å². The van der Waals surface area contributed by atoms with Crippen molar-refractivity contribution in [1.82, 2.24) is 0 Å². The summed E-state index contributed by atoms with van der Waals surface area (Å²) in [6.45, 7) is 0. The van der Waals surface area contributed by atoms with E-state index < -0.39 is 97.7 Å². The molecule has 0 aliphatic rings. The van der Waals surface area contributed by atoms with Gasteiger partial charge in [0, 0.05) is 5.56 Å². The maximum atomic E-state index is 14.4. The van der Waals surface area contributed by atoms with Gasteiger partial charge >= 0.3 is 5.97 Å². The van der Waals surface area contributed by atoms with Crippen molar-refractivity contribution in [2.24, 2.45) is 0 Å². The van der Waals surface area contributed by atoms with Gasteiger partial charge in [0.25, 0.3) is 0 Å². The van der Waals surface area contributed by atoms with Gasteiger partial charge in [0.05, 0.1) is 18.2 Å². The van der Waals surface area contributed by atoms with Gasteiger partial charge in [-0.05, 0) is 17.7 Å². The summed E-state index contributed by atoms with van der Waals surface area (Å²) in [5, 5.41) is 9.35. The molecule has 0 amide bonds. The molecule has 13 heteroatoms. The van der Waals surface area contributed by atoms with E-state index in [1.807, 2.05) is 0 Å². The second-order valence-electron chi connectivity index (χ2n) is 6.30. The highest BCUT2D eigenvalue weighted by Crippen LogP contribution is 2.43. The highest BCUT2D eigenvalue weighted by molar-refractivity contribution is 5.97. The molecule has 0 saturated heterocycles. The fraction of sp³-hybridized carbons (Fsp3) is 0.0500. The second-order valence-corrected chi connectivity index (χ2v) is 6.30. The van der Waals surface area contributed by atoms with Crippen LogP contribution in [-0.4, -0.2) is 18.2 Å². The molecule has 0 heterocycles. The smallest absolute Gasteiger partial charge is 0.339 e. The van der Waals surface area contributed by atoms with Gasteiger partial charge in [0.1, 0.15) is 11.3 Å². The quantitative estimate of drug-likeness (QED) is 0.276. The summed E-state index contributed by atoms with van der Waals surface area (Å²) in [6, 6.07) is 0.580. The summed E-state index contributed by atoms with van der Waals surface area (Å²) >= 11 is 0. The number of rotatable bonds is 4. The lowest BCUT2D eigenvalue weighted by molar-refractivity contribution is 0.0693. The van der Waals surface area contributed by atoms with E-state index in [4.69, 9.17) is 0 Å². The molecule has 33 heavy (non-hydrogen) atoms. The lowest BCUT2D eigenvalue weighted by Gasteiger charge is -2.17. The zero-order valence-electron chi connectivity index (χ0n) is 15.7. The first-order valence-electron chi connectivity index (χ1n) is 8.33. The van der Waals surface area contributed by atoms with Crippen molar-refractivity contribution in [1.29, 1.82) is 0 Å². The number of hydrogen-bond acceptors (Lipinski definition) is 2. The molecule has 0 atom stereocenters. The van der Waals surface area contributed by atoms with E-state index in [-0.39, 0.29) is 6.07 Å². The molecule has 3 aromatic carbocycles. The predicted molar refractivity (Wildman–Crippen MR) is 90.4 cm³/mol. The zero-order valence-corrected chi connectivity index (χ0v) is 15.7. The number of ether oxygens (including phenoxy) is 1. The van der Waals surface area contributed by atoms with Crippen molar-refractivity contribution in [2.45, 2.75) is 0 Å². The molecule has 0 unspecified atom stereocenters. The van der Waals surface area contributed by atoms with Crippen LogP contribution in [0.2, 0.25) is 0 Å². The van der Waals surface area contributed by atoms with E-state index in [1.54, 1.807) is 0 Å². The van der Waals surface area contributed by atoms with E-state index in [2.05, 4.69) is 4.74 Å². The molecular weight excluding hydrogens is 478 g/mol. The van der Waals surface area contributed by atoms with Crippen LogP contribution >= 0.6 is 0 Å². The number of benzene rings is 3. The van der Waals surface area contributed by atoms with Crippen molar-refractivity contribution in [3.05, 3.63) is 75.9 Å². The lowest BCUT2D eigenvalue weighted by atomic mass is 9.93. The van der Waals surface area contributed by atoms with Gasteiger partial charge in [-0.2, -0.15) is 0 Å². The monoisotopic (exact) mass is 484 g/mol. The summed E-state index contributed by atoms with van der Waals surface area (Å²) in [5.74, 6) is -27.8. The van der Waals surface area contributed by atoms with Gasteiger partial charge in [-0.3, -0.25) is 0 Å². The number of methoxy groups -OCH3 is 1. The van der Waals surface area contributed by atoms with Gasteiger partial charge in [0.15, 0.2) is 46.5 Å². The Kier molecular flexibility index (Phi) is 6.00. The van der Waals surface area contributed by atoms with E-state index in [1.165, 1.54) is 0 Å². The number of halogens is 10. The Hall–Kier alpha value is -3.77. The number of aromatic carboxylic acids is 1. The Morgan fingerprint density at radius 2 is 1.00 bits per heavy atom. The predicted octanol–water partition coefficient (Wildman–Crippen LogP) is 6.12. The number of carbonyl (C=O) groups is 1. The number of hydrogen-bond donors (Lipinski definition) is 1. The van der Waals surface area contributed by atoms with Gasteiger partial charge in [0.2, 0.25) is 11.6 Å². The van der Waals surface area contributed by atoms with Gasteiger partial charge in [-0.1, -0.05) is 0 Å². The largest absolute Gasteiger partial charge is 0.495 e. The first kappa shape index (κ1) is 23.9. The van der Waals surface area contributed by atoms with Crippen LogP contribution in [0, 0.1) is 58.2 Å². The summed E-state index contributed by atoms with van der Waals surface area (Å²) in [4.78, 5) is 11.6. The first-order valence-corrected chi connectivity index (χ1v) is 8.33. The highest BCUT2D eigenvalue weighted by atomic mass is 19.2. The van der Waals surface area contributed by atoms with Crippen LogP contribution in [-0.2, 0) is 0 Å². The standard InChI is InChI=1S/C20H6F10O3/c1-33-19-5(8-11(23)15(27)18(30)16(28)12(8)24)2-4(3-6(19)20(31)32)7-9(21)13(25)17(29)14(26)10(7)22/h2-3H,1H3,(H,31,32). The Balaban J connectivity index is 2.55. The normalized spacial score (nSPS) is 11.1. The molecular formula is C20H6F10O3. The van der Waals surface area contributed by atoms with Crippen molar-refractivity contribution in [3.63, 3.8) is 0 Å². The minimum atomic E-state index is -2.57. The maximum Gasteiger partial charge on any atom is 0.339 e. The van der Waals surface area contributed by atoms with Crippen LogP contribution in [0.3, 0.4) is 0 Å². The van der Waals surface area contributed by atoms with Crippen molar-refractivity contribution in [3.8, 4) is 28.0 Å². The molecule has 0 saturated carbocycles. The molecule has 0 fully saturated rings. The van der Waals surface area contributed by atoms with Crippen LogP contribution in [0.1, 0.15) is 10.4 Å². The van der Waals surface area contributed by atoms with Crippen LogP contribution in [0.5, 0.6) is 5.75 Å². The van der Waals surface area contributed by atoms with Crippen LogP contribution in [0.15, 0.2) is 12.1 Å². The molecule has 0 spiro atoms. The molecule has 1 N–H and O–H groups in total. The van der Waals surface area contributed by atoms with Crippen LogP contribution in [0.25, 0.3) is 22.3 Å². The molecule has 3 aromatic rings. The minimum absolute atomic E-state index is 0.252. The van der Waals surface area contributed by atoms with Crippen LogP contribution in [0.4, 0.5) is 43.9 Å². The third kappa shape index (κ3) is 3.52. The van der Waals surface area contributed by atoms with Crippen molar-refractivity contribution >= 4 is 5.97 Å². The molecule has 3 nitrogen and oxygen atoms in total. The fourth-order valence-electron chi connectivity index (χ4n) is 3.04. The maximum absolute atomic E-state index is 14.4. The Morgan fingerprint density at radius 3 is 1.36 bits per heavy atom. The summed E-state index contributed by atoms with van der Waals surface area (Å²) < 4.78 is 143. The summed E-state index contributed by atoms with van der Waals surface area (Å²) in [5.41, 5.74) is -7.03. The molecule has 174 valence electrons. The van der Waals surface area contributed by atoms with Gasteiger partial charge in [-0.25, -0.2) is 48.7 Å². The Bertz CT molecular complexity index is 1280. The summed E-state index contributed by atoms with van der Waals surface area (Å²) in [7, 11) is 0.732. The second kappa shape index (κ2) is 8.30. The first-order chi connectivity index (χ1) is 15.3. The number of carboxylic acids is 1. The molecule has 3 rings (SSSR count). The summed E-state index contributed by atoms with van der Waals surface area (Å²) in [6.07, 6.45) is 0. The molecule has 0 aliphatic carbocycles. The zero-order chi connectivity index (χ0) is 24.9. The molecule has 0 radical (unpaired) electrons. The number of carboxylic acid groups (broad SMARTS) is 1. The fourth-order valence-corrected chi connectivity index (χ4v) is 3.04. The lowest BCUT2D eigenvalue weighted by Crippen LogP contribution is -2.09. The van der Waals surface area contributed by atoms with Crippen molar-refractivity contribution < 1.29 is 58.5 Å². The van der Waals surface area contributed by atoms with Gasteiger partial charge < -0.3 is 9.84 Å². The Morgan fingerprint density at radius 1 is 0.636 bits per heavy atom. The van der Waals surface area contributed by atoms with E-state index in [9.17, 15) is 53.8 Å². The highest BCUT2D eigenvalue weighted by Gasteiger charge is 2.32.